The summed E-state index contributed by atoms with van der Waals surface area (Å²) in [6.45, 7) is 2.97. The number of likely N-dealkylation sites (tertiary alicyclic amines) is 1. The number of carbonyl (C=O) groups excluding carboxylic acids is 2. The van der Waals surface area contributed by atoms with Gasteiger partial charge in [-0.05, 0) is 61.6 Å². The van der Waals surface area contributed by atoms with Crippen LogP contribution in [0.15, 0.2) is 79.0 Å². The maximum absolute atomic E-state index is 13.6. The number of aryl methyl sites for hydroxylation is 1. The van der Waals surface area contributed by atoms with Crippen LogP contribution in [0.1, 0.15) is 49.0 Å². The molecule has 0 aliphatic carbocycles. The molecular weight excluding hydrogens is 429 g/mol. The molecule has 0 bridgehead atoms. The van der Waals surface area contributed by atoms with Gasteiger partial charge in [-0.1, -0.05) is 48.5 Å². The van der Waals surface area contributed by atoms with Crippen molar-refractivity contribution in [2.24, 2.45) is 0 Å². The molecule has 34 heavy (non-hydrogen) atoms. The SMILES string of the molecule is CC(NC(=O)C1(c2ccccc2)CCN(C(=O)CCc2ccc(F)cc2)CC1)c1ccccn1. The fraction of sp³-hybridized carbons (Fsp3) is 0.321. The Morgan fingerprint density at radius 1 is 1.00 bits per heavy atom. The molecule has 2 aromatic carbocycles. The van der Waals surface area contributed by atoms with Crippen molar-refractivity contribution in [3.8, 4) is 0 Å². The van der Waals surface area contributed by atoms with E-state index in [0.29, 0.717) is 38.8 Å². The molecule has 2 amide bonds. The van der Waals surface area contributed by atoms with Crippen LogP contribution >= 0.6 is 0 Å². The van der Waals surface area contributed by atoms with Gasteiger partial charge in [0.05, 0.1) is 17.2 Å². The number of aromatic nitrogens is 1. The van der Waals surface area contributed by atoms with Gasteiger partial charge in [0.2, 0.25) is 11.8 Å². The third kappa shape index (κ3) is 5.33. The van der Waals surface area contributed by atoms with Gasteiger partial charge >= 0.3 is 0 Å². The normalized spacial score (nSPS) is 16.0. The summed E-state index contributed by atoms with van der Waals surface area (Å²) in [5, 5.41) is 3.16. The quantitative estimate of drug-likeness (QED) is 0.562. The highest BCUT2D eigenvalue weighted by atomic mass is 19.1. The standard InChI is InChI=1S/C28H30FN3O2/c1-21(25-9-5-6-18-30-25)31-27(34)28(23-7-3-2-4-8-23)16-19-32(20-17-28)26(33)15-12-22-10-13-24(29)14-11-22/h2-11,13-14,18,21H,12,15-17,19-20H2,1H3,(H,31,34). The molecule has 5 nitrogen and oxygen atoms in total. The molecular formula is C28H30FN3O2. The summed E-state index contributed by atoms with van der Waals surface area (Å²) in [5.74, 6) is -0.248. The van der Waals surface area contributed by atoms with E-state index < -0.39 is 5.41 Å². The van der Waals surface area contributed by atoms with Crippen LogP contribution in [-0.2, 0) is 21.4 Å². The number of pyridine rings is 1. The molecule has 1 fully saturated rings. The van der Waals surface area contributed by atoms with E-state index in [9.17, 15) is 14.0 Å². The highest BCUT2D eigenvalue weighted by molar-refractivity contribution is 5.89. The number of carbonyl (C=O) groups is 2. The van der Waals surface area contributed by atoms with Gasteiger partial charge in [0, 0.05) is 25.7 Å². The van der Waals surface area contributed by atoms with Gasteiger partial charge in [-0.25, -0.2) is 4.39 Å². The van der Waals surface area contributed by atoms with Gasteiger partial charge in [-0.3, -0.25) is 14.6 Å². The second kappa shape index (κ2) is 10.6. The maximum Gasteiger partial charge on any atom is 0.231 e. The largest absolute Gasteiger partial charge is 0.347 e. The minimum atomic E-state index is -0.696. The van der Waals surface area contributed by atoms with E-state index in [-0.39, 0.29) is 23.7 Å². The van der Waals surface area contributed by atoms with Crippen molar-refractivity contribution in [3.05, 3.63) is 102 Å². The Morgan fingerprint density at radius 3 is 2.32 bits per heavy atom. The van der Waals surface area contributed by atoms with Crippen LogP contribution in [-0.4, -0.2) is 34.8 Å². The minimum Gasteiger partial charge on any atom is -0.347 e. The molecule has 0 spiro atoms. The molecule has 1 atom stereocenters. The number of hydrogen-bond donors (Lipinski definition) is 1. The van der Waals surface area contributed by atoms with Crippen molar-refractivity contribution in [1.82, 2.24) is 15.2 Å². The fourth-order valence-corrected chi connectivity index (χ4v) is 4.64. The van der Waals surface area contributed by atoms with E-state index in [1.807, 2.05) is 60.4 Å². The zero-order valence-corrected chi connectivity index (χ0v) is 19.4. The first-order chi connectivity index (χ1) is 16.5. The highest BCUT2D eigenvalue weighted by Gasteiger charge is 2.44. The molecule has 0 radical (unpaired) electrons. The molecule has 1 saturated heterocycles. The van der Waals surface area contributed by atoms with Gasteiger partial charge in [0.1, 0.15) is 5.82 Å². The zero-order chi connectivity index (χ0) is 24.0. The van der Waals surface area contributed by atoms with E-state index in [2.05, 4.69) is 10.3 Å². The van der Waals surface area contributed by atoms with E-state index >= 15 is 0 Å². The number of halogens is 1. The Balaban J connectivity index is 1.44. The number of nitrogens with one attached hydrogen (secondary N) is 1. The van der Waals surface area contributed by atoms with Crippen LogP contribution in [0.4, 0.5) is 4.39 Å². The Morgan fingerprint density at radius 2 is 1.68 bits per heavy atom. The summed E-state index contributed by atoms with van der Waals surface area (Å²) in [7, 11) is 0. The van der Waals surface area contributed by atoms with Crippen molar-refractivity contribution in [2.45, 2.75) is 44.1 Å². The number of hydrogen-bond acceptors (Lipinski definition) is 3. The molecule has 4 rings (SSSR count). The fourth-order valence-electron chi connectivity index (χ4n) is 4.64. The first-order valence-corrected chi connectivity index (χ1v) is 11.8. The molecule has 1 aliphatic heterocycles. The lowest BCUT2D eigenvalue weighted by Crippen LogP contribution is -2.53. The van der Waals surface area contributed by atoms with E-state index in [4.69, 9.17) is 0 Å². The second-order valence-electron chi connectivity index (χ2n) is 8.91. The van der Waals surface area contributed by atoms with Crippen molar-refractivity contribution in [2.75, 3.05) is 13.1 Å². The van der Waals surface area contributed by atoms with E-state index in [0.717, 1.165) is 16.8 Å². The van der Waals surface area contributed by atoms with Gasteiger partial charge in [0.25, 0.3) is 0 Å². The number of amides is 2. The summed E-state index contributed by atoms with van der Waals surface area (Å²) in [4.78, 5) is 32.7. The van der Waals surface area contributed by atoms with Crippen LogP contribution in [0.3, 0.4) is 0 Å². The van der Waals surface area contributed by atoms with Crippen molar-refractivity contribution in [3.63, 3.8) is 0 Å². The van der Waals surface area contributed by atoms with Gasteiger partial charge in [0.15, 0.2) is 0 Å². The van der Waals surface area contributed by atoms with Crippen molar-refractivity contribution >= 4 is 11.8 Å². The lowest BCUT2D eigenvalue weighted by molar-refractivity contribution is -0.137. The van der Waals surface area contributed by atoms with Crippen LogP contribution < -0.4 is 5.32 Å². The molecule has 1 aromatic heterocycles. The first-order valence-electron chi connectivity index (χ1n) is 11.8. The van der Waals surface area contributed by atoms with Gasteiger partial charge in [-0.2, -0.15) is 0 Å². The third-order valence-electron chi connectivity index (χ3n) is 6.75. The van der Waals surface area contributed by atoms with E-state index in [1.54, 1.807) is 18.3 Å². The first kappa shape index (κ1) is 23.6. The Bertz CT molecular complexity index is 1100. The van der Waals surface area contributed by atoms with Crippen LogP contribution in [0.2, 0.25) is 0 Å². The van der Waals surface area contributed by atoms with Crippen molar-refractivity contribution < 1.29 is 14.0 Å². The summed E-state index contributed by atoms with van der Waals surface area (Å²) < 4.78 is 13.1. The topological polar surface area (TPSA) is 62.3 Å². The number of piperidine rings is 1. The number of benzene rings is 2. The average molecular weight is 460 g/mol. The van der Waals surface area contributed by atoms with E-state index in [1.165, 1.54) is 12.1 Å². The summed E-state index contributed by atoms with van der Waals surface area (Å²) in [6.07, 6.45) is 3.77. The lowest BCUT2D eigenvalue weighted by Gasteiger charge is -2.41. The summed E-state index contributed by atoms with van der Waals surface area (Å²) in [6, 6.07) is 21.6. The highest BCUT2D eigenvalue weighted by Crippen LogP contribution is 2.36. The van der Waals surface area contributed by atoms with Crippen LogP contribution in [0.5, 0.6) is 0 Å². The molecule has 0 saturated carbocycles. The lowest BCUT2D eigenvalue weighted by atomic mass is 9.71. The number of nitrogens with zero attached hydrogens (tertiary/aromatic N) is 2. The molecule has 1 aliphatic rings. The van der Waals surface area contributed by atoms with Gasteiger partial charge in [-0.15, -0.1) is 0 Å². The van der Waals surface area contributed by atoms with Gasteiger partial charge < -0.3 is 10.2 Å². The summed E-state index contributed by atoms with van der Waals surface area (Å²) >= 11 is 0. The second-order valence-corrected chi connectivity index (χ2v) is 8.91. The predicted octanol–water partition coefficient (Wildman–Crippen LogP) is 4.59. The average Bonchev–Trinajstić information content (AvgIpc) is 2.89. The predicted molar refractivity (Wildman–Crippen MR) is 129 cm³/mol. The molecule has 1 unspecified atom stereocenters. The monoisotopic (exact) mass is 459 g/mol. The van der Waals surface area contributed by atoms with Crippen LogP contribution in [0.25, 0.3) is 0 Å². The molecule has 176 valence electrons. The Hall–Kier alpha value is -3.54. The third-order valence-corrected chi connectivity index (χ3v) is 6.75. The number of rotatable bonds is 7. The maximum atomic E-state index is 13.6. The molecule has 1 N–H and O–H groups in total. The zero-order valence-electron chi connectivity index (χ0n) is 19.4. The molecule has 3 aromatic rings. The van der Waals surface area contributed by atoms with Crippen LogP contribution in [0, 0.1) is 5.82 Å². The molecule has 2 heterocycles. The molecule has 6 heteroatoms. The smallest absolute Gasteiger partial charge is 0.231 e. The van der Waals surface area contributed by atoms with Crippen molar-refractivity contribution in [1.29, 1.82) is 0 Å². The summed E-state index contributed by atoms with van der Waals surface area (Å²) in [5.41, 5.74) is 2.03. The Kier molecular flexibility index (Phi) is 7.36. The minimum absolute atomic E-state index is 0.0322. The Labute approximate surface area is 200 Å².